The molecule has 3 heterocycles. The van der Waals surface area contributed by atoms with Crippen LogP contribution in [0.25, 0.3) is 22.2 Å². The highest BCUT2D eigenvalue weighted by atomic mass is 16.1. The van der Waals surface area contributed by atoms with Gasteiger partial charge in [0.1, 0.15) is 5.69 Å². The largest absolute Gasteiger partial charge is 0.358 e. The Kier molecular flexibility index (Phi) is 6.85. The molecule has 0 spiro atoms. The summed E-state index contributed by atoms with van der Waals surface area (Å²) in [5.74, 6) is 0.133. The van der Waals surface area contributed by atoms with Crippen LogP contribution in [0.3, 0.4) is 0 Å². The predicted molar refractivity (Wildman–Crippen MR) is 142 cm³/mol. The van der Waals surface area contributed by atoms with Crippen LogP contribution in [0.2, 0.25) is 0 Å². The summed E-state index contributed by atoms with van der Waals surface area (Å²) in [7, 11) is 0. The summed E-state index contributed by atoms with van der Waals surface area (Å²) >= 11 is 0. The van der Waals surface area contributed by atoms with Gasteiger partial charge in [0.05, 0.1) is 18.4 Å². The molecule has 0 aliphatic rings. The number of nitrogens with one attached hydrogen (secondary N) is 1. The summed E-state index contributed by atoms with van der Waals surface area (Å²) < 4.78 is 1.59. The lowest BCUT2D eigenvalue weighted by Gasteiger charge is -2.16. The van der Waals surface area contributed by atoms with Crippen molar-refractivity contribution in [2.24, 2.45) is 0 Å². The standard InChI is InChI=1S/C30H28N4O2/c1-21(22-8-4-2-5-9-22)16-28-30(36)34(29(19-32-28)23-10-6-3-7-11-23)20-26(35)13-12-25-17-24-18-31-15-14-27(24)33-25/h2-11,14-15,17-19,21,33H,12-13,16,20H2,1H3/t21-/m1/s1. The number of aromatic nitrogens is 4. The van der Waals surface area contributed by atoms with Gasteiger partial charge >= 0.3 is 0 Å². The van der Waals surface area contributed by atoms with Crippen molar-refractivity contribution < 1.29 is 4.79 Å². The quantitative estimate of drug-likeness (QED) is 0.312. The van der Waals surface area contributed by atoms with Crippen molar-refractivity contribution in [3.8, 4) is 11.3 Å². The molecule has 0 unspecified atom stereocenters. The van der Waals surface area contributed by atoms with Gasteiger partial charge in [0.25, 0.3) is 5.56 Å². The third-order valence-electron chi connectivity index (χ3n) is 6.55. The molecule has 5 aromatic rings. The van der Waals surface area contributed by atoms with Gasteiger partial charge in [-0.15, -0.1) is 0 Å². The molecule has 180 valence electrons. The molecule has 0 amide bonds. The van der Waals surface area contributed by atoms with Gasteiger partial charge in [0, 0.05) is 41.8 Å². The minimum Gasteiger partial charge on any atom is -0.358 e. The van der Waals surface area contributed by atoms with Gasteiger partial charge in [0.2, 0.25) is 0 Å². The molecule has 0 fully saturated rings. The zero-order valence-corrected chi connectivity index (χ0v) is 20.2. The second kappa shape index (κ2) is 10.5. The van der Waals surface area contributed by atoms with E-state index in [1.807, 2.05) is 60.7 Å². The Hall–Kier alpha value is -4.32. The van der Waals surface area contributed by atoms with Crippen LogP contribution >= 0.6 is 0 Å². The van der Waals surface area contributed by atoms with Gasteiger partial charge in [-0.3, -0.25) is 24.1 Å². The molecule has 36 heavy (non-hydrogen) atoms. The summed E-state index contributed by atoms with van der Waals surface area (Å²) in [4.78, 5) is 38.7. The first-order valence-electron chi connectivity index (χ1n) is 12.2. The van der Waals surface area contributed by atoms with E-state index in [1.54, 1.807) is 23.2 Å². The van der Waals surface area contributed by atoms with Crippen LogP contribution in [-0.2, 0) is 24.2 Å². The van der Waals surface area contributed by atoms with E-state index in [2.05, 4.69) is 34.0 Å². The van der Waals surface area contributed by atoms with Gasteiger partial charge < -0.3 is 4.98 Å². The van der Waals surface area contributed by atoms with Crippen molar-refractivity contribution in [2.75, 3.05) is 0 Å². The lowest BCUT2D eigenvalue weighted by molar-refractivity contribution is -0.119. The third-order valence-corrected chi connectivity index (χ3v) is 6.55. The first-order valence-corrected chi connectivity index (χ1v) is 12.2. The number of carbonyl (C=O) groups excluding carboxylic acids is 1. The molecule has 1 atom stereocenters. The van der Waals surface area contributed by atoms with Crippen LogP contribution < -0.4 is 5.56 Å². The lowest BCUT2D eigenvalue weighted by atomic mass is 9.96. The SMILES string of the molecule is C[C@H](Cc1ncc(-c2ccccc2)n(CC(=O)CCc2cc3cnccc3[nH]2)c1=O)c1ccccc1. The second-order valence-electron chi connectivity index (χ2n) is 9.16. The molecule has 2 aromatic carbocycles. The first kappa shape index (κ1) is 23.4. The van der Waals surface area contributed by atoms with Crippen LogP contribution in [-0.4, -0.2) is 25.3 Å². The van der Waals surface area contributed by atoms with Crippen LogP contribution in [0.15, 0.2) is 96.2 Å². The fourth-order valence-corrected chi connectivity index (χ4v) is 4.55. The minimum absolute atomic E-state index is 0.000630. The fraction of sp³-hybridized carbons (Fsp3) is 0.200. The number of Topliss-reactive ketones (excluding diaryl/α,β-unsaturated/α-hetero) is 1. The van der Waals surface area contributed by atoms with Crippen LogP contribution in [0.5, 0.6) is 0 Å². The number of aryl methyl sites for hydroxylation is 1. The summed E-state index contributed by atoms with van der Waals surface area (Å²) in [5.41, 5.74) is 4.92. The van der Waals surface area contributed by atoms with Gasteiger partial charge in [-0.05, 0) is 35.6 Å². The van der Waals surface area contributed by atoms with Crippen molar-refractivity contribution in [1.82, 2.24) is 19.5 Å². The number of rotatable bonds is 9. The van der Waals surface area contributed by atoms with Crippen molar-refractivity contribution in [1.29, 1.82) is 0 Å². The molecule has 0 bridgehead atoms. The highest BCUT2D eigenvalue weighted by Gasteiger charge is 2.17. The van der Waals surface area contributed by atoms with Crippen LogP contribution in [0.1, 0.15) is 36.2 Å². The Morgan fingerprint density at radius 3 is 2.50 bits per heavy atom. The first-order chi connectivity index (χ1) is 17.6. The number of carbonyl (C=O) groups is 1. The predicted octanol–water partition coefficient (Wildman–Crippen LogP) is 5.33. The smallest absolute Gasteiger partial charge is 0.273 e. The average Bonchev–Trinajstić information content (AvgIpc) is 3.34. The average molecular weight is 477 g/mol. The van der Waals surface area contributed by atoms with Crippen molar-refractivity contribution in [3.63, 3.8) is 0 Å². The minimum atomic E-state index is -0.204. The topological polar surface area (TPSA) is 80.6 Å². The molecule has 3 aromatic heterocycles. The maximum Gasteiger partial charge on any atom is 0.273 e. The van der Waals surface area contributed by atoms with E-state index in [0.717, 1.165) is 27.7 Å². The molecule has 0 saturated carbocycles. The molecule has 6 nitrogen and oxygen atoms in total. The lowest BCUT2D eigenvalue weighted by Crippen LogP contribution is -2.30. The molecular weight excluding hydrogens is 448 g/mol. The van der Waals surface area contributed by atoms with E-state index in [9.17, 15) is 9.59 Å². The number of hydrogen-bond acceptors (Lipinski definition) is 4. The van der Waals surface area contributed by atoms with Gasteiger partial charge in [-0.1, -0.05) is 67.6 Å². The second-order valence-corrected chi connectivity index (χ2v) is 9.16. The molecular formula is C30H28N4O2. The maximum atomic E-state index is 13.6. The number of hydrogen-bond donors (Lipinski definition) is 1. The zero-order chi connectivity index (χ0) is 24.9. The Balaban J connectivity index is 1.39. The summed E-state index contributed by atoms with van der Waals surface area (Å²) in [6, 6.07) is 23.7. The molecule has 1 N–H and O–H groups in total. The fourth-order valence-electron chi connectivity index (χ4n) is 4.55. The number of H-pyrrole nitrogens is 1. The molecule has 6 heteroatoms. The summed E-state index contributed by atoms with van der Waals surface area (Å²) in [5, 5.41) is 1.02. The van der Waals surface area contributed by atoms with E-state index < -0.39 is 0 Å². The van der Waals surface area contributed by atoms with Crippen LogP contribution in [0, 0.1) is 0 Å². The van der Waals surface area contributed by atoms with Gasteiger partial charge in [-0.2, -0.15) is 0 Å². The Labute approximate surface area is 209 Å². The number of pyridine rings is 1. The Bertz CT molecular complexity index is 1510. The number of fused-ring (bicyclic) bond motifs is 1. The highest BCUT2D eigenvalue weighted by Crippen LogP contribution is 2.21. The third kappa shape index (κ3) is 5.18. The van der Waals surface area contributed by atoms with Gasteiger partial charge in [0.15, 0.2) is 5.78 Å². The number of nitrogens with zero attached hydrogens (tertiary/aromatic N) is 3. The van der Waals surface area contributed by atoms with Crippen LogP contribution in [0.4, 0.5) is 0 Å². The van der Waals surface area contributed by atoms with Crippen molar-refractivity contribution in [3.05, 3.63) is 119 Å². The van der Waals surface area contributed by atoms with E-state index >= 15 is 0 Å². The van der Waals surface area contributed by atoms with Gasteiger partial charge in [-0.25, -0.2) is 0 Å². The normalized spacial score (nSPS) is 12.0. The van der Waals surface area contributed by atoms with Crippen molar-refractivity contribution >= 4 is 16.7 Å². The van der Waals surface area contributed by atoms with E-state index in [4.69, 9.17) is 0 Å². The number of ketones is 1. The Morgan fingerprint density at radius 1 is 1.00 bits per heavy atom. The summed E-state index contributed by atoms with van der Waals surface area (Å²) in [6.45, 7) is 2.10. The monoisotopic (exact) mass is 476 g/mol. The zero-order valence-electron chi connectivity index (χ0n) is 20.2. The van der Waals surface area contributed by atoms with E-state index in [1.165, 1.54) is 0 Å². The van der Waals surface area contributed by atoms with Crippen molar-refractivity contribution in [2.45, 2.75) is 38.6 Å². The molecule has 0 aliphatic carbocycles. The summed E-state index contributed by atoms with van der Waals surface area (Å²) in [6.07, 6.45) is 6.69. The van der Waals surface area contributed by atoms with E-state index in [0.29, 0.717) is 30.7 Å². The number of benzene rings is 2. The highest BCUT2D eigenvalue weighted by molar-refractivity contribution is 5.81. The maximum absolute atomic E-state index is 13.6. The number of aromatic amines is 1. The molecule has 0 radical (unpaired) electrons. The molecule has 0 saturated heterocycles. The molecule has 5 rings (SSSR count). The van der Waals surface area contributed by atoms with E-state index in [-0.39, 0.29) is 23.8 Å². The Morgan fingerprint density at radius 2 is 1.75 bits per heavy atom. The molecule has 0 aliphatic heterocycles.